The lowest BCUT2D eigenvalue weighted by atomic mass is 10.4. The van der Waals surface area contributed by atoms with Crippen molar-refractivity contribution < 1.29 is 9.53 Å². The van der Waals surface area contributed by atoms with Crippen LogP contribution in [0.5, 0.6) is 0 Å². The Bertz CT molecular complexity index is 361. The quantitative estimate of drug-likeness (QED) is 0.650. The Kier molecular flexibility index (Phi) is 3.66. The van der Waals surface area contributed by atoms with Crippen LogP contribution in [0, 0.1) is 0 Å². The fourth-order valence-corrected chi connectivity index (χ4v) is 0.859. The van der Waals surface area contributed by atoms with Crippen LogP contribution in [-0.2, 0) is 9.53 Å². The topological polar surface area (TPSA) is 84.1 Å². The van der Waals surface area contributed by atoms with Crippen LogP contribution in [0.4, 0.5) is 5.69 Å². The van der Waals surface area contributed by atoms with Gasteiger partial charge in [-0.25, -0.2) is 5.10 Å². The molecule has 6 heteroatoms. The van der Waals surface area contributed by atoms with Crippen LogP contribution < -0.4 is 10.9 Å². The molecule has 0 unspecified atom stereocenters. The summed E-state index contributed by atoms with van der Waals surface area (Å²) in [5, 5.41) is 8.49. The molecular formula is C8H11N3O3. The Morgan fingerprint density at radius 3 is 3.14 bits per heavy atom. The summed E-state index contributed by atoms with van der Waals surface area (Å²) < 4.78 is 4.69. The molecule has 0 spiro atoms. The van der Waals surface area contributed by atoms with Gasteiger partial charge in [0.1, 0.15) is 6.54 Å². The highest BCUT2D eigenvalue weighted by molar-refractivity contribution is 5.74. The van der Waals surface area contributed by atoms with Gasteiger partial charge in [0.15, 0.2) is 0 Å². The number of rotatable bonds is 4. The van der Waals surface area contributed by atoms with E-state index < -0.39 is 0 Å². The number of anilines is 1. The van der Waals surface area contributed by atoms with Crippen LogP contribution in [0.3, 0.4) is 0 Å². The van der Waals surface area contributed by atoms with E-state index >= 15 is 0 Å². The molecule has 0 aliphatic rings. The highest BCUT2D eigenvalue weighted by Gasteiger charge is 2.00. The molecule has 0 fully saturated rings. The molecule has 1 heterocycles. The molecule has 6 nitrogen and oxygen atoms in total. The monoisotopic (exact) mass is 197 g/mol. The summed E-state index contributed by atoms with van der Waals surface area (Å²) >= 11 is 0. The van der Waals surface area contributed by atoms with Crippen molar-refractivity contribution in [1.82, 2.24) is 10.2 Å². The first kappa shape index (κ1) is 10.2. The van der Waals surface area contributed by atoms with Gasteiger partial charge in [0.25, 0.3) is 5.56 Å². The molecular weight excluding hydrogens is 186 g/mol. The minimum atomic E-state index is -0.368. The number of hydrogen-bond acceptors (Lipinski definition) is 5. The van der Waals surface area contributed by atoms with Crippen LogP contribution in [0.1, 0.15) is 6.92 Å². The molecule has 76 valence electrons. The predicted molar refractivity (Wildman–Crippen MR) is 50.0 cm³/mol. The van der Waals surface area contributed by atoms with Gasteiger partial charge in [-0.2, -0.15) is 5.10 Å². The Morgan fingerprint density at radius 2 is 2.50 bits per heavy atom. The molecule has 0 bridgehead atoms. The number of H-pyrrole nitrogens is 1. The van der Waals surface area contributed by atoms with Crippen molar-refractivity contribution in [3.63, 3.8) is 0 Å². The van der Waals surface area contributed by atoms with Gasteiger partial charge >= 0.3 is 5.97 Å². The molecule has 14 heavy (non-hydrogen) atoms. The normalized spacial score (nSPS) is 9.50. The number of nitrogens with zero attached hydrogens (tertiary/aromatic N) is 1. The fraction of sp³-hybridized carbons (Fsp3) is 0.375. The maximum Gasteiger partial charge on any atom is 0.325 e. The van der Waals surface area contributed by atoms with E-state index in [2.05, 4.69) is 20.3 Å². The van der Waals surface area contributed by atoms with Crippen LogP contribution >= 0.6 is 0 Å². The van der Waals surface area contributed by atoms with Crippen molar-refractivity contribution >= 4 is 11.7 Å². The second-order valence-corrected chi connectivity index (χ2v) is 2.49. The van der Waals surface area contributed by atoms with E-state index in [1.807, 2.05) is 0 Å². The van der Waals surface area contributed by atoms with Gasteiger partial charge in [0.2, 0.25) is 0 Å². The standard InChI is InChI=1S/C8H11N3O3/c1-2-14-8(13)5-9-6-3-7(12)11-10-4-6/h3-4H,2,5H2,1H3,(H2,9,11,12). The number of carbonyl (C=O) groups excluding carboxylic acids is 1. The number of aromatic nitrogens is 2. The molecule has 0 saturated heterocycles. The molecule has 2 N–H and O–H groups in total. The minimum Gasteiger partial charge on any atom is -0.465 e. The first-order valence-corrected chi connectivity index (χ1v) is 4.16. The highest BCUT2D eigenvalue weighted by atomic mass is 16.5. The van der Waals surface area contributed by atoms with Gasteiger partial charge < -0.3 is 10.1 Å². The number of esters is 1. The van der Waals surface area contributed by atoms with Crippen LogP contribution in [0.15, 0.2) is 17.1 Å². The van der Waals surface area contributed by atoms with Gasteiger partial charge in [-0.15, -0.1) is 0 Å². The van der Waals surface area contributed by atoms with E-state index in [-0.39, 0.29) is 18.1 Å². The smallest absolute Gasteiger partial charge is 0.325 e. The molecule has 0 atom stereocenters. The number of ether oxygens (including phenoxy) is 1. The number of aromatic amines is 1. The van der Waals surface area contributed by atoms with Crippen LogP contribution in [-0.4, -0.2) is 29.3 Å². The molecule has 1 aromatic heterocycles. The first-order chi connectivity index (χ1) is 6.72. The predicted octanol–water partition coefficient (Wildman–Crippen LogP) is -0.255. The van der Waals surface area contributed by atoms with E-state index in [4.69, 9.17) is 0 Å². The molecule has 0 saturated carbocycles. The van der Waals surface area contributed by atoms with E-state index in [1.54, 1.807) is 6.92 Å². The summed E-state index contributed by atoms with van der Waals surface area (Å²) in [6.07, 6.45) is 1.42. The molecule has 0 aromatic carbocycles. The SMILES string of the molecule is CCOC(=O)CNc1cn[nH]c(=O)c1. The minimum absolute atomic E-state index is 0.0268. The van der Waals surface area contributed by atoms with Crippen molar-refractivity contribution in [2.45, 2.75) is 6.92 Å². The zero-order valence-corrected chi connectivity index (χ0v) is 7.74. The third-order valence-electron chi connectivity index (χ3n) is 1.41. The van der Waals surface area contributed by atoms with Crippen molar-refractivity contribution in [1.29, 1.82) is 0 Å². The third kappa shape index (κ3) is 3.26. The van der Waals surface area contributed by atoms with E-state index in [0.29, 0.717) is 12.3 Å². The molecule has 0 radical (unpaired) electrons. The van der Waals surface area contributed by atoms with Crippen molar-refractivity contribution in [2.24, 2.45) is 0 Å². The average molecular weight is 197 g/mol. The summed E-state index contributed by atoms with van der Waals surface area (Å²) in [7, 11) is 0. The van der Waals surface area contributed by atoms with Gasteiger partial charge in [-0.05, 0) is 6.92 Å². The average Bonchev–Trinajstić information content (AvgIpc) is 2.15. The molecule has 0 amide bonds. The second-order valence-electron chi connectivity index (χ2n) is 2.49. The van der Waals surface area contributed by atoms with Crippen LogP contribution in [0.25, 0.3) is 0 Å². The van der Waals surface area contributed by atoms with Gasteiger partial charge in [0.05, 0.1) is 18.5 Å². The van der Waals surface area contributed by atoms with Gasteiger partial charge in [-0.3, -0.25) is 9.59 Å². The zero-order valence-electron chi connectivity index (χ0n) is 7.74. The van der Waals surface area contributed by atoms with Crippen molar-refractivity contribution in [3.8, 4) is 0 Å². The van der Waals surface area contributed by atoms with Crippen molar-refractivity contribution in [3.05, 3.63) is 22.6 Å². The maximum absolute atomic E-state index is 10.9. The second kappa shape index (κ2) is 5.00. The lowest BCUT2D eigenvalue weighted by Gasteiger charge is -2.03. The van der Waals surface area contributed by atoms with Crippen LogP contribution in [0.2, 0.25) is 0 Å². The van der Waals surface area contributed by atoms with Gasteiger partial charge in [-0.1, -0.05) is 0 Å². The summed E-state index contributed by atoms with van der Waals surface area (Å²) in [6.45, 7) is 2.10. The summed E-state index contributed by atoms with van der Waals surface area (Å²) in [5.41, 5.74) is 0.167. The Balaban J connectivity index is 2.46. The highest BCUT2D eigenvalue weighted by Crippen LogP contribution is 1.97. The maximum atomic E-state index is 10.9. The Labute approximate surface area is 80.3 Å². The summed E-state index contributed by atoms with van der Waals surface area (Å²) in [4.78, 5) is 21.7. The first-order valence-electron chi connectivity index (χ1n) is 4.16. The third-order valence-corrected chi connectivity index (χ3v) is 1.41. The van der Waals surface area contributed by atoms with Crippen molar-refractivity contribution in [2.75, 3.05) is 18.5 Å². The van der Waals surface area contributed by atoms with Gasteiger partial charge in [0, 0.05) is 6.07 Å². The number of nitrogens with one attached hydrogen (secondary N) is 2. The lowest BCUT2D eigenvalue weighted by Crippen LogP contribution is -2.18. The fourth-order valence-electron chi connectivity index (χ4n) is 0.859. The summed E-state index contributed by atoms with van der Waals surface area (Å²) in [5.74, 6) is -0.368. The lowest BCUT2D eigenvalue weighted by molar-refractivity contribution is -0.140. The summed E-state index contributed by atoms with van der Waals surface area (Å²) in [6, 6.07) is 1.31. The zero-order chi connectivity index (χ0) is 10.4. The van der Waals surface area contributed by atoms with E-state index in [1.165, 1.54) is 12.3 Å². The van der Waals surface area contributed by atoms with E-state index in [0.717, 1.165) is 0 Å². The molecule has 1 aromatic rings. The number of hydrogen-bond donors (Lipinski definition) is 2. The molecule has 1 rings (SSSR count). The Morgan fingerprint density at radius 1 is 1.71 bits per heavy atom. The molecule has 0 aliphatic carbocycles. The van der Waals surface area contributed by atoms with E-state index in [9.17, 15) is 9.59 Å². The Hall–Kier alpha value is -1.85. The number of carbonyl (C=O) groups is 1. The largest absolute Gasteiger partial charge is 0.465 e. The molecule has 0 aliphatic heterocycles.